The molecule has 29 heavy (non-hydrogen) atoms. The highest BCUT2D eigenvalue weighted by Crippen LogP contribution is 2.17. The molecule has 2 aromatic heterocycles. The quantitative estimate of drug-likeness (QED) is 0.646. The van der Waals surface area contributed by atoms with Gasteiger partial charge in [0.15, 0.2) is 0 Å². The van der Waals surface area contributed by atoms with Gasteiger partial charge in [0, 0.05) is 23.1 Å². The summed E-state index contributed by atoms with van der Waals surface area (Å²) in [6.07, 6.45) is 1.90. The van der Waals surface area contributed by atoms with Gasteiger partial charge in [0.05, 0.1) is 23.6 Å². The number of thiophene rings is 1. The topological polar surface area (TPSA) is 82.3 Å². The van der Waals surface area contributed by atoms with Gasteiger partial charge in [-0.15, -0.1) is 11.3 Å². The summed E-state index contributed by atoms with van der Waals surface area (Å²) in [4.78, 5) is 39.4. The van der Waals surface area contributed by atoms with Crippen LogP contribution in [0.15, 0.2) is 45.3 Å². The molecule has 3 heterocycles. The predicted molar refractivity (Wildman–Crippen MR) is 113 cm³/mol. The fourth-order valence-corrected chi connectivity index (χ4v) is 4.33. The molecular weight excluding hydrogens is 414 g/mol. The van der Waals surface area contributed by atoms with Gasteiger partial charge in [-0.25, -0.2) is 4.79 Å². The van der Waals surface area contributed by atoms with Gasteiger partial charge >= 0.3 is 5.69 Å². The third kappa shape index (κ3) is 4.29. The third-order valence-electron chi connectivity index (χ3n) is 4.93. The fraction of sp³-hybridized carbons (Fsp3) is 0.350. The molecule has 1 saturated heterocycles. The molecular formula is C20H20ClN3O4S. The van der Waals surface area contributed by atoms with E-state index >= 15 is 0 Å². The zero-order valence-electron chi connectivity index (χ0n) is 15.6. The summed E-state index contributed by atoms with van der Waals surface area (Å²) < 4.78 is 7.98. The molecule has 0 spiro atoms. The minimum absolute atomic E-state index is 0.00893. The van der Waals surface area contributed by atoms with E-state index in [1.807, 2.05) is 17.5 Å². The lowest BCUT2D eigenvalue weighted by Crippen LogP contribution is -2.43. The Balaban J connectivity index is 1.70. The number of ether oxygens (including phenoxy) is 1. The molecule has 0 radical (unpaired) electrons. The first-order valence-corrected chi connectivity index (χ1v) is 10.6. The van der Waals surface area contributed by atoms with Gasteiger partial charge in [-0.2, -0.15) is 0 Å². The summed E-state index contributed by atoms with van der Waals surface area (Å²) in [6, 6.07) is 8.46. The monoisotopic (exact) mass is 433 g/mol. The molecule has 3 aromatic rings. The minimum atomic E-state index is -0.537. The van der Waals surface area contributed by atoms with Crippen molar-refractivity contribution in [2.75, 3.05) is 13.2 Å². The largest absolute Gasteiger partial charge is 0.376 e. The third-order valence-corrected chi connectivity index (χ3v) is 6.03. The van der Waals surface area contributed by atoms with Crippen LogP contribution >= 0.6 is 22.9 Å². The summed E-state index contributed by atoms with van der Waals surface area (Å²) >= 11 is 7.56. The second kappa shape index (κ2) is 8.52. The first-order valence-electron chi connectivity index (χ1n) is 9.36. The SMILES string of the molecule is O=C(Cn1c(=O)n(Cc2cccs2)c(=O)c2ccc(Cl)cc21)NC[C@H]1CCCO1. The van der Waals surface area contributed by atoms with Crippen LogP contribution in [-0.4, -0.2) is 34.3 Å². The minimum Gasteiger partial charge on any atom is -0.376 e. The molecule has 1 aliphatic heterocycles. The molecule has 7 nitrogen and oxygen atoms in total. The Bertz CT molecular complexity index is 1150. The highest BCUT2D eigenvalue weighted by Gasteiger charge is 2.19. The second-order valence-corrected chi connectivity index (χ2v) is 8.41. The maximum atomic E-state index is 13.1. The average molecular weight is 434 g/mol. The number of halogens is 1. The number of carbonyl (C=O) groups is 1. The van der Waals surface area contributed by atoms with Crippen molar-refractivity contribution in [1.29, 1.82) is 0 Å². The molecule has 152 valence electrons. The standard InChI is InChI=1S/C20H20ClN3O4S/c21-13-5-6-16-17(9-13)23(12-18(25)22-10-14-3-1-7-28-14)20(27)24(19(16)26)11-15-4-2-8-29-15/h2,4-6,8-9,14H,1,3,7,10-12H2,(H,22,25)/t14-/m1/s1. The fourth-order valence-electron chi connectivity index (χ4n) is 3.47. The van der Waals surface area contributed by atoms with E-state index in [0.29, 0.717) is 29.1 Å². The van der Waals surface area contributed by atoms with E-state index in [2.05, 4.69) is 5.32 Å². The predicted octanol–water partition coefficient (Wildman–Crippen LogP) is 2.22. The smallest absolute Gasteiger partial charge is 0.332 e. The Kier molecular flexibility index (Phi) is 5.84. The van der Waals surface area contributed by atoms with Crippen molar-refractivity contribution < 1.29 is 9.53 Å². The summed E-state index contributed by atoms with van der Waals surface area (Å²) in [5, 5.41) is 5.44. The number of hydrogen-bond donors (Lipinski definition) is 1. The summed E-state index contributed by atoms with van der Waals surface area (Å²) in [6.45, 7) is 1.07. The molecule has 9 heteroatoms. The lowest BCUT2D eigenvalue weighted by molar-refractivity contribution is -0.122. The molecule has 1 N–H and O–H groups in total. The van der Waals surface area contributed by atoms with E-state index in [4.69, 9.17) is 16.3 Å². The Hall–Kier alpha value is -2.42. The van der Waals surface area contributed by atoms with Crippen molar-refractivity contribution in [3.05, 3.63) is 66.4 Å². The van der Waals surface area contributed by atoms with E-state index in [1.54, 1.807) is 18.2 Å². The number of nitrogens with zero attached hydrogens (tertiary/aromatic N) is 2. The van der Waals surface area contributed by atoms with Crippen molar-refractivity contribution in [2.24, 2.45) is 0 Å². The number of aromatic nitrogens is 2. The Morgan fingerprint density at radius 3 is 2.86 bits per heavy atom. The van der Waals surface area contributed by atoms with Crippen LogP contribution in [0.1, 0.15) is 17.7 Å². The second-order valence-electron chi connectivity index (χ2n) is 6.94. The van der Waals surface area contributed by atoms with Gasteiger partial charge in [0.25, 0.3) is 5.56 Å². The lowest BCUT2D eigenvalue weighted by atomic mass is 10.2. The Labute approximate surface area is 175 Å². The molecule has 1 atom stereocenters. The molecule has 0 aliphatic carbocycles. The van der Waals surface area contributed by atoms with Crippen molar-refractivity contribution in [3.63, 3.8) is 0 Å². The van der Waals surface area contributed by atoms with Gasteiger partial charge in [-0.1, -0.05) is 17.7 Å². The number of carbonyl (C=O) groups excluding carboxylic acids is 1. The van der Waals surface area contributed by atoms with Crippen LogP contribution in [0.25, 0.3) is 10.9 Å². The number of benzene rings is 1. The maximum Gasteiger partial charge on any atom is 0.332 e. The van der Waals surface area contributed by atoms with Gasteiger partial charge in [-0.3, -0.25) is 18.7 Å². The number of hydrogen-bond acceptors (Lipinski definition) is 5. The normalized spacial score (nSPS) is 16.4. The molecule has 1 aromatic carbocycles. The summed E-state index contributed by atoms with van der Waals surface area (Å²) in [5.74, 6) is -0.315. The molecule has 0 saturated carbocycles. The van der Waals surface area contributed by atoms with Gasteiger partial charge < -0.3 is 10.1 Å². The average Bonchev–Trinajstić information content (AvgIpc) is 3.40. The number of nitrogens with one attached hydrogen (secondary N) is 1. The highest BCUT2D eigenvalue weighted by molar-refractivity contribution is 7.09. The highest BCUT2D eigenvalue weighted by atomic mass is 35.5. The van der Waals surface area contributed by atoms with Crippen molar-refractivity contribution in [2.45, 2.75) is 32.0 Å². The van der Waals surface area contributed by atoms with Crippen molar-refractivity contribution >= 4 is 39.7 Å². The van der Waals surface area contributed by atoms with Crippen LogP contribution in [0.4, 0.5) is 0 Å². The zero-order chi connectivity index (χ0) is 20.4. The first kappa shape index (κ1) is 19.9. The van der Waals surface area contributed by atoms with Crippen molar-refractivity contribution in [3.8, 4) is 0 Å². The molecule has 1 aliphatic rings. The van der Waals surface area contributed by atoms with Gasteiger partial charge in [0.2, 0.25) is 5.91 Å². The lowest BCUT2D eigenvalue weighted by Gasteiger charge is -2.15. The molecule has 1 amide bonds. The van der Waals surface area contributed by atoms with Crippen LogP contribution < -0.4 is 16.6 Å². The number of rotatable bonds is 6. The van der Waals surface area contributed by atoms with E-state index in [1.165, 1.54) is 15.9 Å². The van der Waals surface area contributed by atoms with E-state index in [9.17, 15) is 14.4 Å². The first-order chi connectivity index (χ1) is 14.0. The number of amides is 1. The zero-order valence-corrected chi connectivity index (χ0v) is 17.2. The molecule has 4 rings (SSSR count). The Morgan fingerprint density at radius 2 is 2.14 bits per heavy atom. The number of fused-ring (bicyclic) bond motifs is 1. The summed E-state index contributed by atoms with van der Waals surface area (Å²) in [5.41, 5.74) is -0.585. The van der Waals surface area contributed by atoms with Crippen LogP contribution in [0.5, 0.6) is 0 Å². The van der Waals surface area contributed by atoms with Gasteiger partial charge in [0.1, 0.15) is 6.54 Å². The van der Waals surface area contributed by atoms with Crippen LogP contribution in [0.2, 0.25) is 5.02 Å². The van der Waals surface area contributed by atoms with Crippen molar-refractivity contribution in [1.82, 2.24) is 14.5 Å². The molecule has 0 bridgehead atoms. The van der Waals surface area contributed by atoms with Crippen LogP contribution in [0, 0.1) is 0 Å². The van der Waals surface area contributed by atoms with E-state index < -0.39 is 11.2 Å². The van der Waals surface area contributed by atoms with Gasteiger partial charge in [-0.05, 0) is 42.5 Å². The van der Waals surface area contributed by atoms with Crippen LogP contribution in [-0.2, 0) is 22.6 Å². The van der Waals surface area contributed by atoms with E-state index in [0.717, 1.165) is 22.3 Å². The van der Waals surface area contributed by atoms with Crippen LogP contribution in [0.3, 0.4) is 0 Å². The molecule has 1 fully saturated rings. The maximum absolute atomic E-state index is 13.1. The van der Waals surface area contributed by atoms with E-state index in [-0.39, 0.29) is 25.1 Å². The molecule has 0 unspecified atom stereocenters. The Morgan fingerprint density at radius 1 is 1.28 bits per heavy atom. The summed E-state index contributed by atoms with van der Waals surface area (Å²) in [7, 11) is 0.